The fraction of sp³-hybridized carbons (Fsp3) is 0.389. The molecule has 0 radical (unpaired) electrons. The molecule has 1 atom stereocenters. The van der Waals surface area contributed by atoms with E-state index in [1.165, 1.54) is 5.56 Å². The van der Waals surface area contributed by atoms with Gasteiger partial charge in [-0.25, -0.2) is 0 Å². The Kier molecular flexibility index (Phi) is 5.76. The molecule has 2 N–H and O–H groups in total. The molecule has 2 aromatic rings. The molecule has 0 fully saturated rings. The SMILES string of the molecule is CCC(N)Cc1nc(C)ccc1OCCc1ccccc1. The monoisotopic (exact) mass is 284 g/mol. The number of pyridine rings is 1. The van der Waals surface area contributed by atoms with Gasteiger partial charge in [-0.05, 0) is 31.0 Å². The lowest BCUT2D eigenvalue weighted by molar-refractivity contribution is 0.315. The second kappa shape index (κ2) is 7.79. The van der Waals surface area contributed by atoms with Crippen molar-refractivity contribution in [3.63, 3.8) is 0 Å². The zero-order chi connectivity index (χ0) is 15.1. The van der Waals surface area contributed by atoms with E-state index < -0.39 is 0 Å². The summed E-state index contributed by atoms with van der Waals surface area (Å²) in [5, 5.41) is 0. The fourth-order valence-corrected chi connectivity index (χ4v) is 2.19. The van der Waals surface area contributed by atoms with Crippen LogP contribution >= 0.6 is 0 Å². The molecule has 3 nitrogen and oxygen atoms in total. The van der Waals surface area contributed by atoms with Crippen molar-refractivity contribution in [2.24, 2.45) is 5.73 Å². The van der Waals surface area contributed by atoms with Crippen molar-refractivity contribution in [2.45, 2.75) is 39.2 Å². The Hall–Kier alpha value is -1.87. The van der Waals surface area contributed by atoms with Crippen LogP contribution in [-0.4, -0.2) is 17.6 Å². The van der Waals surface area contributed by atoms with Gasteiger partial charge in [0.1, 0.15) is 5.75 Å². The molecule has 0 spiro atoms. The molecule has 21 heavy (non-hydrogen) atoms. The number of nitrogens with zero attached hydrogens (tertiary/aromatic N) is 1. The first kappa shape index (κ1) is 15.5. The van der Waals surface area contributed by atoms with Gasteiger partial charge in [-0.1, -0.05) is 37.3 Å². The van der Waals surface area contributed by atoms with E-state index in [0.717, 1.165) is 36.4 Å². The third-order valence-electron chi connectivity index (χ3n) is 3.54. The third-order valence-corrected chi connectivity index (χ3v) is 3.54. The van der Waals surface area contributed by atoms with E-state index in [1.807, 2.05) is 25.1 Å². The summed E-state index contributed by atoms with van der Waals surface area (Å²) in [6.07, 6.45) is 2.60. The Labute approximate surface area is 127 Å². The van der Waals surface area contributed by atoms with Crippen LogP contribution < -0.4 is 10.5 Å². The minimum atomic E-state index is 0.135. The largest absolute Gasteiger partial charge is 0.491 e. The molecular formula is C18H24N2O. The van der Waals surface area contributed by atoms with E-state index in [2.05, 4.69) is 36.2 Å². The molecule has 0 aliphatic rings. The van der Waals surface area contributed by atoms with Gasteiger partial charge in [-0.3, -0.25) is 4.98 Å². The molecule has 0 bridgehead atoms. The van der Waals surface area contributed by atoms with Gasteiger partial charge >= 0.3 is 0 Å². The number of aromatic nitrogens is 1. The lowest BCUT2D eigenvalue weighted by Crippen LogP contribution is -2.22. The van der Waals surface area contributed by atoms with Gasteiger partial charge in [0, 0.05) is 24.6 Å². The topological polar surface area (TPSA) is 48.1 Å². The summed E-state index contributed by atoms with van der Waals surface area (Å²) in [6.45, 7) is 4.74. The van der Waals surface area contributed by atoms with Crippen molar-refractivity contribution in [1.29, 1.82) is 0 Å². The number of benzene rings is 1. The van der Waals surface area contributed by atoms with E-state index in [-0.39, 0.29) is 6.04 Å². The summed E-state index contributed by atoms with van der Waals surface area (Å²) in [5.74, 6) is 0.862. The van der Waals surface area contributed by atoms with E-state index in [9.17, 15) is 0 Å². The standard InChI is InChI=1S/C18H24N2O/c1-3-16(19)13-17-18(10-9-14(2)20-17)21-12-11-15-7-5-4-6-8-15/h4-10,16H,3,11-13,19H2,1-2H3. The van der Waals surface area contributed by atoms with Gasteiger partial charge in [-0.15, -0.1) is 0 Å². The highest BCUT2D eigenvalue weighted by Crippen LogP contribution is 2.19. The Morgan fingerprint density at radius 3 is 2.62 bits per heavy atom. The minimum Gasteiger partial charge on any atom is -0.491 e. The summed E-state index contributed by atoms with van der Waals surface area (Å²) in [6, 6.07) is 14.5. The molecule has 2 rings (SSSR count). The molecule has 0 saturated carbocycles. The van der Waals surface area contributed by atoms with Gasteiger partial charge < -0.3 is 10.5 Å². The van der Waals surface area contributed by atoms with Crippen LogP contribution in [0.15, 0.2) is 42.5 Å². The van der Waals surface area contributed by atoms with Crippen molar-refractivity contribution in [3.05, 3.63) is 59.4 Å². The summed E-state index contributed by atoms with van der Waals surface area (Å²) in [4.78, 5) is 4.58. The predicted octanol–water partition coefficient (Wildman–Crippen LogP) is 3.29. The smallest absolute Gasteiger partial charge is 0.140 e. The zero-order valence-corrected chi connectivity index (χ0v) is 12.9. The second-order valence-electron chi connectivity index (χ2n) is 5.35. The maximum Gasteiger partial charge on any atom is 0.140 e. The molecule has 112 valence electrons. The molecule has 1 aromatic carbocycles. The molecule has 1 unspecified atom stereocenters. The molecule has 0 aliphatic heterocycles. The first-order valence-corrected chi connectivity index (χ1v) is 7.58. The number of rotatable bonds is 7. The molecule has 0 aliphatic carbocycles. The molecule has 1 aromatic heterocycles. The Morgan fingerprint density at radius 1 is 1.14 bits per heavy atom. The quantitative estimate of drug-likeness (QED) is 0.848. The normalized spacial score (nSPS) is 12.1. The van der Waals surface area contributed by atoms with Crippen molar-refractivity contribution >= 4 is 0 Å². The van der Waals surface area contributed by atoms with Crippen LogP contribution in [-0.2, 0) is 12.8 Å². The highest BCUT2D eigenvalue weighted by Gasteiger charge is 2.10. The highest BCUT2D eigenvalue weighted by atomic mass is 16.5. The second-order valence-corrected chi connectivity index (χ2v) is 5.35. The van der Waals surface area contributed by atoms with Gasteiger partial charge in [-0.2, -0.15) is 0 Å². The van der Waals surface area contributed by atoms with Crippen LogP contribution in [0.5, 0.6) is 5.75 Å². The van der Waals surface area contributed by atoms with Crippen LogP contribution in [0.2, 0.25) is 0 Å². The Balaban J connectivity index is 1.98. The lowest BCUT2D eigenvalue weighted by atomic mass is 10.1. The van der Waals surface area contributed by atoms with Crippen molar-refractivity contribution in [1.82, 2.24) is 4.98 Å². The van der Waals surface area contributed by atoms with Crippen LogP contribution in [0, 0.1) is 6.92 Å². The zero-order valence-electron chi connectivity index (χ0n) is 12.9. The maximum atomic E-state index is 6.05. The van der Waals surface area contributed by atoms with Crippen molar-refractivity contribution in [2.75, 3.05) is 6.61 Å². The van der Waals surface area contributed by atoms with Crippen molar-refractivity contribution in [3.8, 4) is 5.75 Å². The van der Waals surface area contributed by atoms with E-state index in [1.54, 1.807) is 0 Å². The number of hydrogen-bond donors (Lipinski definition) is 1. The Bertz CT molecular complexity index is 554. The van der Waals surface area contributed by atoms with Gasteiger partial charge in [0.15, 0.2) is 0 Å². The number of nitrogens with two attached hydrogens (primary N) is 1. The van der Waals surface area contributed by atoms with E-state index in [4.69, 9.17) is 10.5 Å². The van der Waals surface area contributed by atoms with Crippen LogP contribution in [0.3, 0.4) is 0 Å². The Morgan fingerprint density at radius 2 is 1.90 bits per heavy atom. The first-order valence-electron chi connectivity index (χ1n) is 7.58. The van der Waals surface area contributed by atoms with E-state index >= 15 is 0 Å². The summed E-state index contributed by atoms with van der Waals surface area (Å²) in [5.41, 5.74) is 9.30. The molecular weight excluding hydrogens is 260 g/mol. The predicted molar refractivity (Wildman–Crippen MR) is 86.6 cm³/mol. The fourth-order valence-electron chi connectivity index (χ4n) is 2.19. The molecule has 3 heteroatoms. The van der Waals surface area contributed by atoms with Gasteiger partial charge in [0.25, 0.3) is 0 Å². The summed E-state index contributed by atoms with van der Waals surface area (Å²) < 4.78 is 5.92. The number of hydrogen-bond acceptors (Lipinski definition) is 3. The molecule has 0 amide bonds. The number of aryl methyl sites for hydroxylation is 1. The number of ether oxygens (including phenoxy) is 1. The maximum absolute atomic E-state index is 6.05. The minimum absolute atomic E-state index is 0.135. The van der Waals surface area contributed by atoms with Crippen molar-refractivity contribution < 1.29 is 4.74 Å². The van der Waals surface area contributed by atoms with Crippen LogP contribution in [0.4, 0.5) is 0 Å². The first-order chi connectivity index (χ1) is 10.2. The van der Waals surface area contributed by atoms with Gasteiger partial charge in [0.2, 0.25) is 0 Å². The average molecular weight is 284 g/mol. The summed E-state index contributed by atoms with van der Waals surface area (Å²) >= 11 is 0. The molecule has 0 saturated heterocycles. The average Bonchev–Trinajstić information content (AvgIpc) is 2.50. The van der Waals surface area contributed by atoms with Crippen LogP contribution in [0.1, 0.15) is 30.3 Å². The summed E-state index contributed by atoms with van der Waals surface area (Å²) in [7, 11) is 0. The van der Waals surface area contributed by atoms with Gasteiger partial charge in [0.05, 0.1) is 12.3 Å². The van der Waals surface area contributed by atoms with E-state index in [0.29, 0.717) is 6.61 Å². The molecule has 1 heterocycles. The third kappa shape index (κ3) is 4.87. The van der Waals surface area contributed by atoms with Crippen LogP contribution in [0.25, 0.3) is 0 Å². The lowest BCUT2D eigenvalue weighted by Gasteiger charge is -2.14. The highest BCUT2D eigenvalue weighted by molar-refractivity contribution is 5.30.